The minimum absolute atomic E-state index is 0. The Morgan fingerprint density at radius 2 is 2.05 bits per heavy atom. The van der Waals surface area contributed by atoms with Crippen LogP contribution in [0.4, 0.5) is 0 Å². The van der Waals surface area contributed by atoms with E-state index in [4.69, 9.17) is 9.47 Å². The highest BCUT2D eigenvalue weighted by atomic mass is 127. The first kappa shape index (κ1) is 16.2. The SMILES string of the molecule is CCNC(=NCC1COc2ccccc2O1)NC1CC1.I. The van der Waals surface area contributed by atoms with Crippen LogP contribution in [-0.2, 0) is 0 Å². The summed E-state index contributed by atoms with van der Waals surface area (Å²) < 4.78 is 11.6. The number of hydrogen-bond donors (Lipinski definition) is 2. The zero-order valence-corrected chi connectivity index (χ0v) is 14.5. The van der Waals surface area contributed by atoms with E-state index in [1.165, 1.54) is 12.8 Å². The number of ether oxygens (including phenoxy) is 2. The van der Waals surface area contributed by atoms with Crippen molar-refractivity contribution in [2.24, 2.45) is 4.99 Å². The number of nitrogens with one attached hydrogen (secondary N) is 2. The van der Waals surface area contributed by atoms with E-state index in [1.807, 2.05) is 24.3 Å². The maximum absolute atomic E-state index is 5.89. The third-order valence-electron chi connectivity index (χ3n) is 3.28. The Morgan fingerprint density at radius 3 is 2.76 bits per heavy atom. The molecule has 21 heavy (non-hydrogen) atoms. The molecule has 0 radical (unpaired) electrons. The van der Waals surface area contributed by atoms with Crippen molar-refractivity contribution in [2.75, 3.05) is 19.7 Å². The molecule has 1 aliphatic heterocycles. The standard InChI is InChI=1S/C15H21N3O2.HI/c1-2-16-15(18-11-7-8-11)17-9-12-10-19-13-5-3-4-6-14(13)20-12;/h3-6,11-12H,2,7-10H2,1H3,(H2,16,17,18);1H. The second-order valence-electron chi connectivity index (χ2n) is 5.14. The fourth-order valence-corrected chi connectivity index (χ4v) is 2.09. The van der Waals surface area contributed by atoms with Crippen LogP contribution in [0.5, 0.6) is 11.5 Å². The first-order valence-electron chi connectivity index (χ1n) is 7.28. The van der Waals surface area contributed by atoms with E-state index in [0.717, 1.165) is 24.0 Å². The molecule has 0 spiro atoms. The molecule has 0 bridgehead atoms. The maximum Gasteiger partial charge on any atom is 0.191 e. The molecule has 1 unspecified atom stereocenters. The average Bonchev–Trinajstić information content (AvgIpc) is 3.29. The van der Waals surface area contributed by atoms with Gasteiger partial charge in [0.15, 0.2) is 23.6 Å². The van der Waals surface area contributed by atoms with E-state index in [0.29, 0.717) is 19.2 Å². The number of benzene rings is 1. The zero-order valence-electron chi connectivity index (χ0n) is 12.2. The van der Waals surface area contributed by atoms with Crippen LogP contribution in [-0.4, -0.2) is 37.8 Å². The molecule has 1 aromatic carbocycles. The lowest BCUT2D eigenvalue weighted by atomic mass is 10.2. The Bertz CT molecular complexity index is 492. The summed E-state index contributed by atoms with van der Waals surface area (Å²) in [7, 11) is 0. The van der Waals surface area contributed by atoms with Crippen molar-refractivity contribution in [1.29, 1.82) is 0 Å². The lowest BCUT2D eigenvalue weighted by Crippen LogP contribution is -2.40. The smallest absolute Gasteiger partial charge is 0.191 e. The van der Waals surface area contributed by atoms with Crippen LogP contribution in [0.3, 0.4) is 0 Å². The summed E-state index contributed by atoms with van der Waals surface area (Å²) >= 11 is 0. The van der Waals surface area contributed by atoms with Crippen LogP contribution in [0.1, 0.15) is 19.8 Å². The summed E-state index contributed by atoms with van der Waals surface area (Å²) in [4.78, 5) is 4.58. The van der Waals surface area contributed by atoms with E-state index in [-0.39, 0.29) is 30.1 Å². The summed E-state index contributed by atoms with van der Waals surface area (Å²) in [5.41, 5.74) is 0. The van der Waals surface area contributed by atoms with E-state index < -0.39 is 0 Å². The molecule has 2 aliphatic rings. The normalized spacial score (nSPS) is 20.4. The minimum Gasteiger partial charge on any atom is -0.486 e. The van der Waals surface area contributed by atoms with Crippen molar-refractivity contribution < 1.29 is 9.47 Å². The molecule has 1 atom stereocenters. The molecule has 6 heteroatoms. The van der Waals surface area contributed by atoms with Gasteiger partial charge in [0.25, 0.3) is 0 Å². The number of aliphatic imine (C=N–C) groups is 1. The van der Waals surface area contributed by atoms with Gasteiger partial charge in [-0.15, -0.1) is 24.0 Å². The van der Waals surface area contributed by atoms with E-state index in [2.05, 4.69) is 22.5 Å². The van der Waals surface area contributed by atoms with Gasteiger partial charge in [0.2, 0.25) is 0 Å². The third kappa shape index (κ3) is 4.66. The summed E-state index contributed by atoms with van der Waals surface area (Å²) in [6, 6.07) is 8.35. The molecule has 1 saturated carbocycles. The fraction of sp³-hybridized carbons (Fsp3) is 0.533. The summed E-state index contributed by atoms with van der Waals surface area (Å²) in [6.45, 7) is 4.07. The number of guanidine groups is 1. The predicted octanol–water partition coefficient (Wildman–Crippen LogP) is 2.16. The molecule has 1 aromatic rings. The zero-order chi connectivity index (χ0) is 13.8. The summed E-state index contributed by atoms with van der Waals surface area (Å²) in [5.74, 6) is 2.49. The number of halogens is 1. The predicted molar refractivity (Wildman–Crippen MR) is 93.9 cm³/mol. The number of para-hydroxylation sites is 2. The molecule has 0 saturated heterocycles. The van der Waals surface area contributed by atoms with Crippen molar-refractivity contribution in [2.45, 2.75) is 31.9 Å². The average molecular weight is 403 g/mol. The third-order valence-corrected chi connectivity index (χ3v) is 3.28. The van der Waals surface area contributed by atoms with Gasteiger partial charge in [-0.3, -0.25) is 0 Å². The van der Waals surface area contributed by atoms with E-state index in [1.54, 1.807) is 0 Å². The van der Waals surface area contributed by atoms with Gasteiger partial charge in [-0.2, -0.15) is 0 Å². The highest BCUT2D eigenvalue weighted by molar-refractivity contribution is 14.0. The topological polar surface area (TPSA) is 54.9 Å². The number of fused-ring (bicyclic) bond motifs is 1. The van der Waals surface area contributed by atoms with Crippen LogP contribution in [0.2, 0.25) is 0 Å². The molecule has 1 fully saturated rings. The Labute approximate surface area is 142 Å². The van der Waals surface area contributed by atoms with Gasteiger partial charge in [0.1, 0.15) is 6.61 Å². The van der Waals surface area contributed by atoms with Crippen molar-refractivity contribution in [3.05, 3.63) is 24.3 Å². The van der Waals surface area contributed by atoms with Gasteiger partial charge in [0, 0.05) is 12.6 Å². The van der Waals surface area contributed by atoms with Crippen molar-refractivity contribution in [1.82, 2.24) is 10.6 Å². The highest BCUT2D eigenvalue weighted by Gasteiger charge is 2.23. The first-order chi connectivity index (χ1) is 9.85. The monoisotopic (exact) mass is 403 g/mol. The highest BCUT2D eigenvalue weighted by Crippen LogP contribution is 2.30. The molecule has 1 aliphatic carbocycles. The van der Waals surface area contributed by atoms with Crippen LogP contribution in [0.15, 0.2) is 29.3 Å². The summed E-state index contributed by atoms with van der Waals surface area (Å²) in [5, 5.41) is 6.65. The molecule has 5 nitrogen and oxygen atoms in total. The largest absolute Gasteiger partial charge is 0.486 e. The second kappa shape index (κ2) is 7.72. The van der Waals surface area contributed by atoms with Crippen molar-refractivity contribution in [3.63, 3.8) is 0 Å². The Morgan fingerprint density at radius 1 is 1.29 bits per heavy atom. The van der Waals surface area contributed by atoms with E-state index in [9.17, 15) is 0 Å². The van der Waals surface area contributed by atoms with Crippen LogP contribution >= 0.6 is 24.0 Å². The van der Waals surface area contributed by atoms with Crippen molar-refractivity contribution >= 4 is 29.9 Å². The molecule has 0 aromatic heterocycles. The van der Waals surface area contributed by atoms with Gasteiger partial charge >= 0.3 is 0 Å². The van der Waals surface area contributed by atoms with Gasteiger partial charge < -0.3 is 20.1 Å². The fourth-order valence-electron chi connectivity index (χ4n) is 2.09. The Balaban J connectivity index is 0.00000161. The molecular weight excluding hydrogens is 381 g/mol. The lowest BCUT2D eigenvalue weighted by Gasteiger charge is -2.25. The second-order valence-corrected chi connectivity index (χ2v) is 5.14. The molecular formula is C15H22IN3O2. The minimum atomic E-state index is -0.0282. The van der Waals surface area contributed by atoms with Crippen LogP contribution < -0.4 is 20.1 Å². The van der Waals surface area contributed by atoms with Crippen molar-refractivity contribution in [3.8, 4) is 11.5 Å². The van der Waals surface area contributed by atoms with Gasteiger partial charge in [-0.25, -0.2) is 4.99 Å². The first-order valence-corrected chi connectivity index (χ1v) is 7.28. The Kier molecular flexibility index (Phi) is 5.96. The molecule has 116 valence electrons. The lowest BCUT2D eigenvalue weighted by molar-refractivity contribution is 0.0971. The number of rotatable bonds is 4. The number of nitrogens with zero attached hydrogens (tertiary/aromatic N) is 1. The molecule has 0 amide bonds. The number of hydrogen-bond acceptors (Lipinski definition) is 3. The molecule has 1 heterocycles. The van der Waals surface area contributed by atoms with Gasteiger partial charge in [-0.1, -0.05) is 12.1 Å². The van der Waals surface area contributed by atoms with Crippen LogP contribution in [0.25, 0.3) is 0 Å². The summed E-state index contributed by atoms with van der Waals surface area (Å²) in [6.07, 6.45) is 2.45. The maximum atomic E-state index is 5.89. The van der Waals surface area contributed by atoms with Crippen LogP contribution in [0, 0.1) is 0 Å². The van der Waals surface area contributed by atoms with E-state index >= 15 is 0 Å². The van der Waals surface area contributed by atoms with Gasteiger partial charge in [0.05, 0.1) is 6.54 Å². The quantitative estimate of drug-likeness (QED) is 0.460. The molecule has 3 rings (SSSR count). The molecule has 2 N–H and O–H groups in total. The van der Waals surface area contributed by atoms with Gasteiger partial charge in [-0.05, 0) is 31.9 Å². The Hall–Kier alpha value is -1.18.